The van der Waals surface area contributed by atoms with Crippen molar-refractivity contribution in [3.05, 3.63) is 6.20 Å². The van der Waals surface area contributed by atoms with Crippen molar-refractivity contribution in [3.63, 3.8) is 0 Å². The molecular weight excluding hydrogens is 278 g/mol. The minimum atomic E-state index is -3.55. The van der Waals surface area contributed by atoms with Gasteiger partial charge in [-0.2, -0.15) is 5.10 Å². The second-order valence-electron chi connectivity index (χ2n) is 5.49. The molecule has 0 bridgehead atoms. The molecule has 1 aromatic rings. The SMILES string of the molecule is CN1CCC(CCNS(=O)(=O)c2cn(C)nc2N)CC1. The van der Waals surface area contributed by atoms with E-state index in [1.807, 2.05) is 0 Å². The predicted octanol–water partition coefficient (Wildman–Crippen LogP) is 0.0125. The van der Waals surface area contributed by atoms with Crippen molar-refractivity contribution < 1.29 is 8.42 Å². The maximum Gasteiger partial charge on any atom is 0.245 e. The van der Waals surface area contributed by atoms with E-state index in [1.54, 1.807) is 7.05 Å². The molecule has 2 rings (SSSR count). The summed E-state index contributed by atoms with van der Waals surface area (Å²) < 4.78 is 28.2. The van der Waals surface area contributed by atoms with Crippen LogP contribution in [0.15, 0.2) is 11.1 Å². The third-order valence-electron chi connectivity index (χ3n) is 3.79. The van der Waals surface area contributed by atoms with E-state index in [4.69, 9.17) is 5.73 Å². The third-order valence-corrected chi connectivity index (χ3v) is 5.27. The molecule has 0 aromatic carbocycles. The number of hydrogen-bond acceptors (Lipinski definition) is 5. The molecule has 0 amide bonds. The van der Waals surface area contributed by atoms with Gasteiger partial charge < -0.3 is 10.6 Å². The van der Waals surface area contributed by atoms with E-state index < -0.39 is 10.0 Å². The number of anilines is 1. The van der Waals surface area contributed by atoms with Gasteiger partial charge in [0.15, 0.2) is 5.82 Å². The van der Waals surface area contributed by atoms with E-state index in [1.165, 1.54) is 10.9 Å². The van der Waals surface area contributed by atoms with Crippen molar-refractivity contribution in [2.75, 3.05) is 32.4 Å². The van der Waals surface area contributed by atoms with Crippen molar-refractivity contribution in [2.24, 2.45) is 13.0 Å². The summed E-state index contributed by atoms with van der Waals surface area (Å²) in [6.07, 6.45) is 4.56. The van der Waals surface area contributed by atoms with Crippen molar-refractivity contribution in [1.82, 2.24) is 19.4 Å². The molecule has 0 spiro atoms. The molecular formula is C12H23N5O2S. The zero-order chi connectivity index (χ0) is 14.8. The van der Waals surface area contributed by atoms with Crippen LogP contribution in [0.2, 0.25) is 0 Å². The lowest BCUT2D eigenvalue weighted by Gasteiger charge is -2.28. The van der Waals surface area contributed by atoms with Crippen LogP contribution in [0.1, 0.15) is 19.3 Å². The predicted molar refractivity (Wildman–Crippen MR) is 77.6 cm³/mol. The van der Waals surface area contributed by atoms with Crippen LogP contribution in [-0.4, -0.2) is 49.8 Å². The lowest BCUT2D eigenvalue weighted by molar-refractivity contribution is 0.213. The highest BCUT2D eigenvalue weighted by Gasteiger charge is 2.21. The smallest absolute Gasteiger partial charge is 0.245 e. The Hall–Kier alpha value is -1.12. The number of sulfonamides is 1. The molecule has 2 heterocycles. The second kappa shape index (κ2) is 6.11. The molecule has 3 N–H and O–H groups in total. The van der Waals surface area contributed by atoms with Crippen molar-refractivity contribution >= 4 is 15.8 Å². The van der Waals surface area contributed by atoms with Gasteiger partial charge in [0.2, 0.25) is 10.0 Å². The molecule has 7 nitrogen and oxygen atoms in total. The molecule has 114 valence electrons. The number of rotatable bonds is 5. The van der Waals surface area contributed by atoms with E-state index in [0.717, 1.165) is 32.4 Å². The van der Waals surface area contributed by atoms with Crippen LogP contribution in [0, 0.1) is 5.92 Å². The fourth-order valence-electron chi connectivity index (χ4n) is 2.52. The first-order chi connectivity index (χ1) is 9.38. The molecule has 1 aliphatic rings. The Morgan fingerprint density at radius 2 is 2.05 bits per heavy atom. The van der Waals surface area contributed by atoms with Gasteiger partial charge in [0.05, 0.1) is 0 Å². The molecule has 0 atom stereocenters. The summed E-state index contributed by atoms with van der Waals surface area (Å²) >= 11 is 0. The molecule has 1 aliphatic heterocycles. The van der Waals surface area contributed by atoms with Crippen LogP contribution in [0.4, 0.5) is 5.82 Å². The molecule has 0 radical (unpaired) electrons. The van der Waals surface area contributed by atoms with Crippen molar-refractivity contribution in [1.29, 1.82) is 0 Å². The normalized spacial score (nSPS) is 18.5. The monoisotopic (exact) mass is 301 g/mol. The number of hydrogen-bond donors (Lipinski definition) is 2. The van der Waals surface area contributed by atoms with Gasteiger partial charge >= 0.3 is 0 Å². The quantitative estimate of drug-likeness (QED) is 0.799. The fourth-order valence-corrected chi connectivity index (χ4v) is 3.67. The Bertz CT molecular complexity index is 546. The maximum atomic E-state index is 12.1. The minimum absolute atomic E-state index is 0.0410. The Morgan fingerprint density at radius 3 is 2.60 bits per heavy atom. The summed E-state index contributed by atoms with van der Waals surface area (Å²) in [4.78, 5) is 2.36. The van der Waals surface area contributed by atoms with Gasteiger partial charge in [-0.15, -0.1) is 0 Å². The lowest BCUT2D eigenvalue weighted by atomic mass is 9.94. The average Bonchev–Trinajstić information content (AvgIpc) is 2.72. The summed E-state index contributed by atoms with van der Waals surface area (Å²) in [5, 5.41) is 3.85. The van der Waals surface area contributed by atoms with E-state index >= 15 is 0 Å². The second-order valence-corrected chi connectivity index (χ2v) is 7.22. The molecule has 20 heavy (non-hydrogen) atoms. The van der Waals surface area contributed by atoms with Gasteiger partial charge in [-0.25, -0.2) is 13.1 Å². The van der Waals surface area contributed by atoms with Gasteiger partial charge in [0.25, 0.3) is 0 Å². The van der Waals surface area contributed by atoms with Crippen molar-refractivity contribution in [2.45, 2.75) is 24.2 Å². The lowest BCUT2D eigenvalue weighted by Crippen LogP contribution is -2.32. The third kappa shape index (κ3) is 3.71. The van der Waals surface area contributed by atoms with Crippen molar-refractivity contribution in [3.8, 4) is 0 Å². The topological polar surface area (TPSA) is 93.2 Å². The zero-order valence-electron chi connectivity index (χ0n) is 12.0. The van der Waals surface area contributed by atoms with Crippen LogP contribution >= 0.6 is 0 Å². The molecule has 0 unspecified atom stereocenters. The first kappa shape index (κ1) is 15.3. The van der Waals surface area contributed by atoms with Gasteiger partial charge in [0.1, 0.15) is 4.90 Å². The minimum Gasteiger partial charge on any atom is -0.381 e. The van der Waals surface area contributed by atoms with E-state index in [9.17, 15) is 8.42 Å². The molecule has 1 fully saturated rings. The standard InChI is InChI=1S/C12H23N5O2S/c1-16-7-4-10(5-8-16)3-6-14-20(18,19)11-9-17(2)15-12(11)13/h9-10,14H,3-8H2,1-2H3,(H2,13,15). The molecule has 1 saturated heterocycles. The van der Waals surface area contributed by atoms with Crippen LogP contribution in [0.25, 0.3) is 0 Å². The van der Waals surface area contributed by atoms with Crippen LogP contribution in [-0.2, 0) is 17.1 Å². The van der Waals surface area contributed by atoms with Crippen LogP contribution in [0.3, 0.4) is 0 Å². The Labute approximate surface area is 120 Å². The number of nitrogens with one attached hydrogen (secondary N) is 1. The highest BCUT2D eigenvalue weighted by atomic mass is 32.2. The number of nitrogens with zero attached hydrogens (tertiary/aromatic N) is 3. The average molecular weight is 301 g/mol. The number of aryl methyl sites for hydroxylation is 1. The first-order valence-electron chi connectivity index (χ1n) is 6.86. The highest BCUT2D eigenvalue weighted by Crippen LogP contribution is 2.20. The van der Waals surface area contributed by atoms with E-state index in [0.29, 0.717) is 12.5 Å². The summed E-state index contributed by atoms with van der Waals surface area (Å²) in [5.74, 6) is 0.638. The number of aromatic nitrogens is 2. The van der Waals surface area contributed by atoms with Gasteiger partial charge in [-0.05, 0) is 45.3 Å². The Kier molecular flexibility index (Phi) is 4.66. The molecule has 0 saturated carbocycles. The number of nitrogen functional groups attached to an aromatic ring is 1. The summed E-state index contributed by atoms with van der Waals surface area (Å²) in [6, 6.07) is 0. The largest absolute Gasteiger partial charge is 0.381 e. The van der Waals surface area contributed by atoms with Gasteiger partial charge in [-0.3, -0.25) is 4.68 Å². The zero-order valence-corrected chi connectivity index (χ0v) is 12.9. The van der Waals surface area contributed by atoms with Crippen LogP contribution in [0.5, 0.6) is 0 Å². The highest BCUT2D eigenvalue weighted by molar-refractivity contribution is 7.89. The first-order valence-corrected chi connectivity index (χ1v) is 8.34. The number of likely N-dealkylation sites (tertiary alicyclic amines) is 1. The Balaban J connectivity index is 1.85. The summed E-state index contributed by atoms with van der Waals surface area (Å²) in [5.41, 5.74) is 5.60. The fraction of sp³-hybridized carbons (Fsp3) is 0.750. The van der Waals surface area contributed by atoms with Gasteiger partial charge in [0, 0.05) is 19.8 Å². The maximum absolute atomic E-state index is 12.1. The van der Waals surface area contributed by atoms with E-state index in [2.05, 4.69) is 21.8 Å². The number of piperidine rings is 1. The number of nitrogens with two attached hydrogens (primary N) is 1. The van der Waals surface area contributed by atoms with E-state index in [-0.39, 0.29) is 10.7 Å². The van der Waals surface area contributed by atoms with Gasteiger partial charge in [-0.1, -0.05) is 0 Å². The summed E-state index contributed by atoms with van der Waals surface area (Å²) in [7, 11) is 0.211. The van der Waals surface area contributed by atoms with Crippen LogP contribution < -0.4 is 10.5 Å². The molecule has 0 aliphatic carbocycles. The Morgan fingerprint density at radius 1 is 1.40 bits per heavy atom. The molecule has 8 heteroatoms. The summed E-state index contributed by atoms with van der Waals surface area (Å²) in [6.45, 7) is 2.63. The molecule has 1 aromatic heterocycles.